The molecule has 0 N–H and O–H groups in total. The second-order valence-electron chi connectivity index (χ2n) is 7.99. The van der Waals surface area contributed by atoms with E-state index in [0.717, 1.165) is 20.7 Å². The van der Waals surface area contributed by atoms with Crippen LogP contribution in [-0.4, -0.2) is 37.1 Å². The Labute approximate surface area is 160 Å². The van der Waals surface area contributed by atoms with Gasteiger partial charge in [0.15, 0.2) is 0 Å². The van der Waals surface area contributed by atoms with Crippen LogP contribution in [0.3, 0.4) is 0 Å². The molecule has 0 spiro atoms. The Morgan fingerprint density at radius 3 is 2.27 bits per heavy atom. The number of hydrazone groups is 1. The summed E-state index contributed by atoms with van der Waals surface area (Å²) in [5, 5.41) is 5.40. The first-order valence-electron chi connectivity index (χ1n) is 9.04. The minimum Gasteiger partial charge on any atom is -0.377 e. The lowest BCUT2D eigenvalue weighted by Gasteiger charge is -2.37. The third kappa shape index (κ3) is 2.17. The Balaban J connectivity index is 1.40. The lowest BCUT2D eigenvalue weighted by Crippen LogP contribution is -2.40. The highest BCUT2D eigenvalue weighted by atomic mass is 79.9. The van der Waals surface area contributed by atoms with Gasteiger partial charge in [-0.05, 0) is 63.7 Å². The Morgan fingerprint density at radius 2 is 1.73 bits per heavy atom. The average Bonchev–Trinajstić information content (AvgIpc) is 3.39. The van der Waals surface area contributed by atoms with Gasteiger partial charge in [0.25, 0.3) is 11.8 Å². The van der Waals surface area contributed by atoms with Gasteiger partial charge in [-0.3, -0.25) is 9.59 Å². The summed E-state index contributed by atoms with van der Waals surface area (Å²) >= 11 is 3.55. The molecule has 3 fully saturated rings. The number of benzene rings is 1. The minimum atomic E-state index is -0.193. The van der Waals surface area contributed by atoms with Gasteiger partial charge in [0.1, 0.15) is 0 Å². The zero-order valence-electron chi connectivity index (χ0n) is 14.7. The summed E-state index contributed by atoms with van der Waals surface area (Å²) in [5.41, 5.74) is 1.91. The Hall–Kier alpha value is -1.95. The van der Waals surface area contributed by atoms with E-state index >= 15 is 0 Å². The fourth-order valence-corrected chi connectivity index (χ4v) is 5.90. The van der Waals surface area contributed by atoms with E-state index < -0.39 is 0 Å². The number of hydrogen-bond acceptors (Lipinski definition) is 4. The number of hydrogen-bond donors (Lipinski definition) is 0. The van der Waals surface area contributed by atoms with Crippen LogP contribution >= 0.6 is 15.9 Å². The molecule has 1 aromatic rings. The van der Waals surface area contributed by atoms with Crippen LogP contribution in [0.4, 0.5) is 5.69 Å². The van der Waals surface area contributed by atoms with Crippen molar-refractivity contribution in [1.29, 1.82) is 0 Å². The maximum atomic E-state index is 12.9. The van der Waals surface area contributed by atoms with Crippen LogP contribution in [0, 0.1) is 35.5 Å². The molecular formula is C20H20BrN3O2. The first kappa shape index (κ1) is 16.2. The maximum absolute atomic E-state index is 12.9. The van der Waals surface area contributed by atoms with Crippen molar-refractivity contribution in [3.63, 3.8) is 0 Å². The molecule has 26 heavy (non-hydrogen) atoms. The highest BCUT2D eigenvalue weighted by Crippen LogP contribution is 2.65. The molecule has 0 aromatic heterocycles. The molecule has 2 amide bonds. The molecule has 4 aliphatic carbocycles. The first-order chi connectivity index (χ1) is 12.5. The Bertz CT molecular complexity index is 842. The number of carbonyl (C=O) groups excluding carboxylic acids is 2. The van der Waals surface area contributed by atoms with Gasteiger partial charge in [-0.2, -0.15) is 10.1 Å². The van der Waals surface area contributed by atoms with E-state index in [1.807, 2.05) is 37.2 Å². The number of allylic oxidation sites excluding steroid dienone is 2. The third-order valence-corrected chi connectivity index (χ3v) is 7.05. The van der Waals surface area contributed by atoms with E-state index in [2.05, 4.69) is 33.2 Å². The van der Waals surface area contributed by atoms with E-state index in [4.69, 9.17) is 0 Å². The second kappa shape index (κ2) is 5.52. The molecule has 5 nitrogen and oxygen atoms in total. The summed E-state index contributed by atoms with van der Waals surface area (Å²) in [6.45, 7) is 0. The van der Waals surface area contributed by atoms with Gasteiger partial charge in [0.05, 0.1) is 23.7 Å². The fourth-order valence-electron chi connectivity index (χ4n) is 5.15. The van der Waals surface area contributed by atoms with Crippen LogP contribution in [0.2, 0.25) is 0 Å². The van der Waals surface area contributed by atoms with Gasteiger partial charge < -0.3 is 4.90 Å². The number of imide groups is 1. The highest BCUT2D eigenvalue weighted by Gasteiger charge is 2.67. The SMILES string of the molecule is CN(C)c1ccc(/C=N/N2C(=O)C3C4C=CC(C5CC45)C3C2=O)cc1Br. The summed E-state index contributed by atoms with van der Waals surface area (Å²) in [5.74, 6) is 1.07. The van der Waals surface area contributed by atoms with Crippen LogP contribution < -0.4 is 4.90 Å². The summed E-state index contributed by atoms with van der Waals surface area (Å²) < 4.78 is 0.946. The minimum absolute atomic E-state index is 0.120. The standard InChI is InChI=1S/C20H20BrN3O2/c1-23(2)16-6-3-10(7-15(16)21)9-22-24-19(25)17-11-4-5-12(14-8-13(11)14)18(17)20(24)26/h3-7,9,11-14,17-18H,8H2,1-2H3/b22-9+. The predicted molar refractivity (Wildman–Crippen MR) is 103 cm³/mol. The van der Waals surface area contributed by atoms with Crippen molar-refractivity contribution >= 4 is 39.6 Å². The van der Waals surface area contributed by atoms with E-state index in [0.29, 0.717) is 11.8 Å². The molecule has 1 aromatic carbocycles. The van der Waals surface area contributed by atoms with Gasteiger partial charge in [0, 0.05) is 18.6 Å². The molecular weight excluding hydrogens is 394 g/mol. The zero-order valence-corrected chi connectivity index (χ0v) is 16.3. The van der Waals surface area contributed by atoms with Gasteiger partial charge in [-0.15, -0.1) is 0 Å². The summed E-state index contributed by atoms with van der Waals surface area (Å²) in [6.07, 6.45) is 7.13. The summed E-state index contributed by atoms with van der Waals surface area (Å²) in [7, 11) is 3.95. The van der Waals surface area contributed by atoms with Crippen molar-refractivity contribution in [2.24, 2.45) is 40.6 Å². The van der Waals surface area contributed by atoms with E-state index in [1.165, 1.54) is 6.42 Å². The smallest absolute Gasteiger partial charge is 0.254 e. The van der Waals surface area contributed by atoms with E-state index in [-0.39, 0.29) is 35.5 Å². The second-order valence-corrected chi connectivity index (χ2v) is 8.85. The fraction of sp³-hybridized carbons (Fsp3) is 0.450. The van der Waals surface area contributed by atoms with Gasteiger partial charge in [-0.1, -0.05) is 18.2 Å². The lowest BCUT2D eigenvalue weighted by molar-refractivity contribution is -0.140. The quantitative estimate of drug-likeness (QED) is 0.434. The summed E-state index contributed by atoms with van der Waals surface area (Å²) in [4.78, 5) is 27.8. The highest BCUT2D eigenvalue weighted by molar-refractivity contribution is 9.10. The number of anilines is 1. The molecule has 6 atom stereocenters. The Morgan fingerprint density at radius 1 is 1.12 bits per heavy atom. The normalized spacial score (nSPS) is 36.7. The molecule has 6 unspecified atom stereocenters. The molecule has 6 rings (SSSR count). The monoisotopic (exact) mass is 413 g/mol. The van der Waals surface area contributed by atoms with Gasteiger partial charge in [-0.25, -0.2) is 0 Å². The predicted octanol–water partition coefficient (Wildman–Crippen LogP) is 2.90. The molecule has 0 radical (unpaired) electrons. The van der Waals surface area contributed by atoms with Crippen molar-refractivity contribution in [3.8, 4) is 0 Å². The molecule has 2 saturated carbocycles. The third-order valence-electron chi connectivity index (χ3n) is 6.42. The van der Waals surface area contributed by atoms with E-state index in [9.17, 15) is 9.59 Å². The average molecular weight is 414 g/mol. The van der Waals surface area contributed by atoms with Crippen LogP contribution in [-0.2, 0) is 9.59 Å². The van der Waals surface area contributed by atoms with Crippen LogP contribution in [0.1, 0.15) is 12.0 Å². The molecule has 1 aliphatic heterocycles. The largest absolute Gasteiger partial charge is 0.377 e. The van der Waals surface area contributed by atoms with Crippen LogP contribution in [0.25, 0.3) is 0 Å². The molecule has 1 saturated heterocycles. The molecule has 2 bridgehead atoms. The maximum Gasteiger partial charge on any atom is 0.254 e. The number of nitrogens with zero attached hydrogens (tertiary/aromatic N) is 3. The van der Waals surface area contributed by atoms with Crippen molar-refractivity contribution < 1.29 is 9.59 Å². The Kier molecular flexibility index (Phi) is 3.45. The van der Waals surface area contributed by atoms with Crippen molar-refractivity contribution in [3.05, 3.63) is 40.4 Å². The summed E-state index contributed by atoms with van der Waals surface area (Å²) in [6, 6.07) is 5.86. The number of amides is 2. The molecule has 1 heterocycles. The van der Waals surface area contributed by atoms with Crippen molar-refractivity contribution in [2.45, 2.75) is 6.42 Å². The number of rotatable bonds is 3. The lowest BCUT2D eigenvalue weighted by atomic mass is 9.63. The van der Waals surface area contributed by atoms with Crippen molar-refractivity contribution in [1.82, 2.24) is 5.01 Å². The van der Waals surface area contributed by atoms with Gasteiger partial charge >= 0.3 is 0 Å². The van der Waals surface area contributed by atoms with Gasteiger partial charge in [0.2, 0.25) is 0 Å². The molecule has 5 aliphatic rings. The molecule has 134 valence electrons. The van der Waals surface area contributed by atoms with E-state index in [1.54, 1.807) is 6.21 Å². The molecule has 6 heteroatoms. The number of halogens is 1. The first-order valence-corrected chi connectivity index (χ1v) is 9.83. The number of carbonyl (C=O) groups is 2. The van der Waals surface area contributed by atoms with Crippen molar-refractivity contribution in [2.75, 3.05) is 19.0 Å². The van der Waals surface area contributed by atoms with Crippen LogP contribution in [0.15, 0.2) is 39.9 Å². The topological polar surface area (TPSA) is 53.0 Å². The zero-order chi connectivity index (χ0) is 18.2. The van der Waals surface area contributed by atoms with Crippen LogP contribution in [0.5, 0.6) is 0 Å².